The molecule has 12 heavy (non-hydrogen) atoms. The highest BCUT2D eigenvalue weighted by Gasteiger charge is 2.03. The number of hydrogen-bond donors (Lipinski definition) is 1. The Morgan fingerprint density at radius 3 is 2.42 bits per heavy atom. The molecule has 3 heteroatoms. The standard InChI is InChI=1S/C9H18N2O/c1-4-11(5-2)9(12)7-6-8-10-3/h6-7,10H,4-5,8H2,1-3H3/b7-6+. The zero-order valence-electron chi connectivity index (χ0n) is 8.13. The minimum Gasteiger partial charge on any atom is -0.340 e. The highest BCUT2D eigenvalue weighted by Crippen LogP contribution is 1.89. The van der Waals surface area contributed by atoms with Gasteiger partial charge in [-0.15, -0.1) is 0 Å². The molecule has 3 nitrogen and oxygen atoms in total. The number of likely N-dealkylation sites (N-methyl/N-ethyl adjacent to an activating group) is 2. The van der Waals surface area contributed by atoms with Crippen LogP contribution in [0.2, 0.25) is 0 Å². The largest absolute Gasteiger partial charge is 0.340 e. The van der Waals surface area contributed by atoms with Crippen molar-refractivity contribution in [2.45, 2.75) is 13.8 Å². The molecule has 0 aliphatic rings. The van der Waals surface area contributed by atoms with Crippen LogP contribution >= 0.6 is 0 Å². The summed E-state index contributed by atoms with van der Waals surface area (Å²) in [7, 11) is 1.85. The van der Waals surface area contributed by atoms with Crippen molar-refractivity contribution >= 4 is 5.91 Å². The van der Waals surface area contributed by atoms with E-state index in [9.17, 15) is 4.79 Å². The second-order valence-corrected chi connectivity index (χ2v) is 2.47. The lowest BCUT2D eigenvalue weighted by Crippen LogP contribution is -2.28. The maximum Gasteiger partial charge on any atom is 0.246 e. The van der Waals surface area contributed by atoms with Gasteiger partial charge in [0.25, 0.3) is 0 Å². The van der Waals surface area contributed by atoms with Crippen molar-refractivity contribution in [1.82, 2.24) is 10.2 Å². The Labute approximate surface area is 74.4 Å². The van der Waals surface area contributed by atoms with Crippen LogP contribution in [-0.4, -0.2) is 37.5 Å². The molecule has 0 aliphatic heterocycles. The predicted molar refractivity (Wildman–Crippen MR) is 51.0 cm³/mol. The zero-order valence-corrected chi connectivity index (χ0v) is 8.13. The fraction of sp³-hybridized carbons (Fsp3) is 0.667. The average molecular weight is 170 g/mol. The van der Waals surface area contributed by atoms with Gasteiger partial charge >= 0.3 is 0 Å². The van der Waals surface area contributed by atoms with Gasteiger partial charge in [-0.3, -0.25) is 4.79 Å². The second kappa shape index (κ2) is 6.85. The van der Waals surface area contributed by atoms with Crippen LogP contribution in [0.15, 0.2) is 12.2 Å². The van der Waals surface area contributed by atoms with Crippen LogP contribution < -0.4 is 5.32 Å². The molecule has 0 heterocycles. The normalized spacial score (nSPS) is 10.6. The van der Waals surface area contributed by atoms with Crippen LogP contribution in [0.1, 0.15) is 13.8 Å². The summed E-state index contributed by atoms with van der Waals surface area (Å²) in [5.74, 6) is 0.0928. The second-order valence-electron chi connectivity index (χ2n) is 2.47. The number of rotatable bonds is 5. The van der Waals surface area contributed by atoms with Crippen molar-refractivity contribution < 1.29 is 4.79 Å². The first-order valence-corrected chi connectivity index (χ1v) is 4.36. The van der Waals surface area contributed by atoms with Crippen LogP contribution in [0.3, 0.4) is 0 Å². The van der Waals surface area contributed by atoms with Crippen molar-refractivity contribution in [3.8, 4) is 0 Å². The Kier molecular flexibility index (Phi) is 6.38. The molecule has 0 rings (SSSR count). The Morgan fingerprint density at radius 1 is 1.42 bits per heavy atom. The summed E-state index contributed by atoms with van der Waals surface area (Å²) >= 11 is 0. The first-order chi connectivity index (χ1) is 5.76. The molecule has 1 N–H and O–H groups in total. The Morgan fingerprint density at radius 2 is 2.00 bits per heavy atom. The summed E-state index contributed by atoms with van der Waals surface area (Å²) < 4.78 is 0. The van der Waals surface area contributed by atoms with E-state index in [0.29, 0.717) is 0 Å². The van der Waals surface area contributed by atoms with Crippen molar-refractivity contribution in [1.29, 1.82) is 0 Å². The summed E-state index contributed by atoms with van der Waals surface area (Å²) in [6.45, 7) is 6.26. The minimum absolute atomic E-state index is 0.0928. The highest BCUT2D eigenvalue weighted by molar-refractivity contribution is 5.87. The first-order valence-electron chi connectivity index (χ1n) is 4.36. The third kappa shape index (κ3) is 4.13. The monoisotopic (exact) mass is 170 g/mol. The maximum absolute atomic E-state index is 11.3. The van der Waals surface area contributed by atoms with Crippen LogP contribution in [-0.2, 0) is 4.79 Å². The van der Waals surface area contributed by atoms with Crippen molar-refractivity contribution in [2.24, 2.45) is 0 Å². The van der Waals surface area contributed by atoms with Gasteiger partial charge in [-0.25, -0.2) is 0 Å². The average Bonchev–Trinajstić information content (AvgIpc) is 2.07. The molecule has 0 aromatic carbocycles. The Bertz CT molecular complexity index is 151. The number of hydrogen-bond acceptors (Lipinski definition) is 2. The minimum atomic E-state index is 0.0928. The highest BCUT2D eigenvalue weighted by atomic mass is 16.2. The molecular formula is C9H18N2O. The number of nitrogens with one attached hydrogen (secondary N) is 1. The molecule has 0 aromatic rings. The quantitative estimate of drug-likeness (QED) is 0.614. The lowest BCUT2D eigenvalue weighted by molar-refractivity contribution is -0.125. The predicted octanol–water partition coefficient (Wildman–Crippen LogP) is 0.630. The van der Waals surface area contributed by atoms with Gasteiger partial charge in [-0.1, -0.05) is 6.08 Å². The van der Waals surface area contributed by atoms with Crippen molar-refractivity contribution in [3.05, 3.63) is 12.2 Å². The van der Waals surface area contributed by atoms with E-state index in [2.05, 4.69) is 5.32 Å². The van der Waals surface area contributed by atoms with E-state index in [4.69, 9.17) is 0 Å². The van der Waals surface area contributed by atoms with E-state index >= 15 is 0 Å². The fourth-order valence-electron chi connectivity index (χ4n) is 0.918. The van der Waals surface area contributed by atoms with Gasteiger partial charge in [0.15, 0.2) is 0 Å². The molecule has 0 fully saturated rings. The maximum atomic E-state index is 11.3. The fourth-order valence-corrected chi connectivity index (χ4v) is 0.918. The Balaban J connectivity index is 3.83. The summed E-state index contributed by atoms with van der Waals surface area (Å²) in [5.41, 5.74) is 0. The summed E-state index contributed by atoms with van der Waals surface area (Å²) in [5, 5.41) is 2.94. The SMILES string of the molecule is CCN(CC)C(=O)/C=C/CNC. The van der Waals surface area contributed by atoms with E-state index in [1.807, 2.05) is 27.0 Å². The molecule has 0 atom stereocenters. The third-order valence-electron chi connectivity index (χ3n) is 1.66. The number of carbonyl (C=O) groups is 1. The van der Waals surface area contributed by atoms with Crippen LogP contribution in [0.5, 0.6) is 0 Å². The first kappa shape index (κ1) is 11.2. The zero-order chi connectivity index (χ0) is 9.40. The van der Waals surface area contributed by atoms with Gasteiger partial charge in [0.05, 0.1) is 0 Å². The molecule has 1 amide bonds. The lowest BCUT2D eigenvalue weighted by atomic mass is 10.4. The lowest BCUT2D eigenvalue weighted by Gasteiger charge is -2.15. The van der Waals surface area contributed by atoms with E-state index < -0.39 is 0 Å². The van der Waals surface area contributed by atoms with Gasteiger partial charge in [-0.2, -0.15) is 0 Å². The molecule has 0 radical (unpaired) electrons. The molecule has 70 valence electrons. The molecule has 0 spiro atoms. The van der Waals surface area contributed by atoms with E-state index in [1.165, 1.54) is 0 Å². The molecule has 0 bridgehead atoms. The summed E-state index contributed by atoms with van der Waals surface area (Å²) in [6.07, 6.45) is 3.45. The van der Waals surface area contributed by atoms with E-state index in [-0.39, 0.29) is 5.91 Å². The topological polar surface area (TPSA) is 32.3 Å². The molecule has 0 saturated heterocycles. The molecule has 0 unspecified atom stereocenters. The van der Waals surface area contributed by atoms with Crippen LogP contribution in [0.25, 0.3) is 0 Å². The van der Waals surface area contributed by atoms with Crippen molar-refractivity contribution in [2.75, 3.05) is 26.7 Å². The summed E-state index contributed by atoms with van der Waals surface area (Å²) in [4.78, 5) is 13.1. The Hall–Kier alpha value is -0.830. The number of nitrogens with zero attached hydrogens (tertiary/aromatic N) is 1. The van der Waals surface area contributed by atoms with E-state index in [1.54, 1.807) is 11.0 Å². The number of amides is 1. The molecular weight excluding hydrogens is 152 g/mol. The van der Waals surface area contributed by atoms with Crippen LogP contribution in [0.4, 0.5) is 0 Å². The van der Waals surface area contributed by atoms with Crippen LogP contribution in [0, 0.1) is 0 Å². The van der Waals surface area contributed by atoms with Gasteiger partial charge in [0.2, 0.25) is 5.91 Å². The summed E-state index contributed by atoms with van der Waals surface area (Å²) in [6, 6.07) is 0. The van der Waals surface area contributed by atoms with Gasteiger partial charge < -0.3 is 10.2 Å². The molecule has 0 saturated carbocycles. The van der Waals surface area contributed by atoms with Gasteiger partial charge in [-0.05, 0) is 20.9 Å². The van der Waals surface area contributed by atoms with Gasteiger partial charge in [0.1, 0.15) is 0 Å². The molecule has 0 aliphatic carbocycles. The third-order valence-corrected chi connectivity index (χ3v) is 1.66. The number of carbonyl (C=O) groups excluding carboxylic acids is 1. The van der Waals surface area contributed by atoms with E-state index in [0.717, 1.165) is 19.6 Å². The smallest absolute Gasteiger partial charge is 0.246 e. The van der Waals surface area contributed by atoms with Crippen molar-refractivity contribution in [3.63, 3.8) is 0 Å². The molecule has 0 aromatic heterocycles. The van der Waals surface area contributed by atoms with Gasteiger partial charge in [0, 0.05) is 25.7 Å².